The molecule has 0 unspecified atom stereocenters. The number of fused-ring (bicyclic) bond motifs is 1. The molecule has 0 aromatic heterocycles. The minimum atomic E-state index is 0.136. The summed E-state index contributed by atoms with van der Waals surface area (Å²) in [5, 5.41) is 2.45. The van der Waals surface area contributed by atoms with E-state index in [1.807, 2.05) is 6.07 Å². The zero-order chi connectivity index (χ0) is 14.2. The second-order valence-electron chi connectivity index (χ2n) is 5.91. The molecule has 0 aliphatic heterocycles. The molecule has 2 rings (SSSR count). The molecular weight excluding hydrogens is 232 g/mol. The van der Waals surface area contributed by atoms with Crippen LogP contribution in [0.15, 0.2) is 30.3 Å². The smallest absolute Gasteiger partial charge is 0.159 e. The molecule has 0 atom stereocenters. The molecule has 0 N–H and O–H groups in total. The predicted octanol–water partition coefficient (Wildman–Crippen LogP) is 5.29. The largest absolute Gasteiger partial charge is 0.295 e. The van der Waals surface area contributed by atoms with E-state index in [0.717, 1.165) is 5.56 Å². The molecule has 0 spiro atoms. The average Bonchev–Trinajstić information content (AvgIpc) is 2.36. The van der Waals surface area contributed by atoms with Gasteiger partial charge in [-0.1, -0.05) is 45.9 Å². The fraction of sp³-hybridized carbons (Fsp3) is 0.389. The van der Waals surface area contributed by atoms with E-state index in [1.54, 1.807) is 6.92 Å². The summed E-state index contributed by atoms with van der Waals surface area (Å²) in [6, 6.07) is 10.6. The number of Topliss-reactive ketones (excluding diaryl/α,β-unsaturated/α-hetero) is 1. The molecule has 0 saturated heterocycles. The van der Waals surface area contributed by atoms with Crippen LogP contribution in [0, 0.1) is 0 Å². The van der Waals surface area contributed by atoms with Crippen molar-refractivity contribution in [3.05, 3.63) is 47.0 Å². The molecule has 1 nitrogen and oxygen atoms in total. The lowest BCUT2D eigenvalue weighted by atomic mass is 9.90. The molecule has 0 aliphatic carbocycles. The minimum absolute atomic E-state index is 0.136. The van der Waals surface area contributed by atoms with Crippen molar-refractivity contribution >= 4 is 16.6 Å². The highest BCUT2D eigenvalue weighted by atomic mass is 16.1. The van der Waals surface area contributed by atoms with Crippen LogP contribution in [0.25, 0.3) is 10.8 Å². The van der Waals surface area contributed by atoms with Gasteiger partial charge in [0.05, 0.1) is 0 Å². The number of benzene rings is 2. The van der Waals surface area contributed by atoms with Crippen LogP contribution in [0.2, 0.25) is 0 Å². The summed E-state index contributed by atoms with van der Waals surface area (Å²) in [5.74, 6) is 1.08. The van der Waals surface area contributed by atoms with Crippen molar-refractivity contribution in [1.29, 1.82) is 0 Å². The van der Waals surface area contributed by atoms with Gasteiger partial charge >= 0.3 is 0 Å². The molecule has 0 saturated carbocycles. The Labute approximate surface area is 115 Å². The van der Waals surface area contributed by atoms with Crippen LogP contribution in [0.1, 0.15) is 67.9 Å². The summed E-state index contributed by atoms with van der Waals surface area (Å²) in [5.41, 5.74) is 3.43. The summed E-state index contributed by atoms with van der Waals surface area (Å²) >= 11 is 0. The lowest BCUT2D eigenvalue weighted by Crippen LogP contribution is -1.98. The molecule has 1 heteroatoms. The van der Waals surface area contributed by atoms with E-state index in [4.69, 9.17) is 0 Å². The van der Waals surface area contributed by atoms with Crippen LogP contribution in [-0.4, -0.2) is 5.78 Å². The molecule has 2 aromatic rings. The van der Waals surface area contributed by atoms with Gasteiger partial charge in [0.15, 0.2) is 5.78 Å². The Morgan fingerprint density at radius 2 is 1.63 bits per heavy atom. The number of hydrogen-bond acceptors (Lipinski definition) is 1. The van der Waals surface area contributed by atoms with Crippen LogP contribution in [-0.2, 0) is 0 Å². The normalized spacial score (nSPS) is 11.5. The number of carbonyl (C=O) groups is 1. The topological polar surface area (TPSA) is 17.1 Å². The third-order valence-corrected chi connectivity index (χ3v) is 3.71. The third kappa shape index (κ3) is 2.70. The zero-order valence-corrected chi connectivity index (χ0v) is 12.4. The number of hydrogen-bond donors (Lipinski definition) is 0. The van der Waals surface area contributed by atoms with Gasteiger partial charge in [0, 0.05) is 5.56 Å². The Balaban J connectivity index is 2.76. The quantitative estimate of drug-likeness (QED) is 0.680. The first kappa shape index (κ1) is 13.8. The maximum Gasteiger partial charge on any atom is 0.159 e. The van der Waals surface area contributed by atoms with E-state index in [0.29, 0.717) is 11.8 Å². The second kappa shape index (κ2) is 5.16. The van der Waals surface area contributed by atoms with Gasteiger partial charge in [-0.3, -0.25) is 4.79 Å². The highest BCUT2D eigenvalue weighted by Gasteiger charge is 2.11. The van der Waals surface area contributed by atoms with E-state index in [9.17, 15) is 4.79 Å². The van der Waals surface area contributed by atoms with Crippen molar-refractivity contribution < 1.29 is 4.79 Å². The maximum absolute atomic E-state index is 11.6. The van der Waals surface area contributed by atoms with Crippen molar-refractivity contribution in [2.45, 2.75) is 46.5 Å². The predicted molar refractivity (Wildman–Crippen MR) is 82.1 cm³/mol. The fourth-order valence-electron chi connectivity index (χ4n) is 2.44. The molecule has 0 radical (unpaired) electrons. The number of rotatable bonds is 3. The third-order valence-electron chi connectivity index (χ3n) is 3.71. The van der Waals surface area contributed by atoms with Gasteiger partial charge in [-0.05, 0) is 52.8 Å². The van der Waals surface area contributed by atoms with Crippen molar-refractivity contribution in [1.82, 2.24) is 0 Å². The van der Waals surface area contributed by atoms with E-state index in [-0.39, 0.29) is 5.78 Å². The summed E-state index contributed by atoms with van der Waals surface area (Å²) in [6.45, 7) is 10.4. The van der Waals surface area contributed by atoms with Gasteiger partial charge < -0.3 is 0 Å². The van der Waals surface area contributed by atoms with Gasteiger partial charge in [0.25, 0.3) is 0 Å². The summed E-state index contributed by atoms with van der Waals surface area (Å²) in [6.07, 6.45) is 0. The molecule has 0 amide bonds. The van der Waals surface area contributed by atoms with Gasteiger partial charge in [-0.25, -0.2) is 0 Å². The summed E-state index contributed by atoms with van der Waals surface area (Å²) < 4.78 is 0. The molecule has 2 aromatic carbocycles. The molecule has 0 fully saturated rings. The summed E-state index contributed by atoms with van der Waals surface area (Å²) in [7, 11) is 0. The first-order valence-corrected chi connectivity index (χ1v) is 6.98. The van der Waals surface area contributed by atoms with E-state index < -0.39 is 0 Å². The Morgan fingerprint density at radius 3 is 2.16 bits per heavy atom. The van der Waals surface area contributed by atoms with Crippen molar-refractivity contribution in [3.63, 3.8) is 0 Å². The second-order valence-corrected chi connectivity index (χ2v) is 5.91. The van der Waals surface area contributed by atoms with Gasteiger partial charge in [0.1, 0.15) is 0 Å². The van der Waals surface area contributed by atoms with Gasteiger partial charge in [-0.2, -0.15) is 0 Å². The lowest BCUT2D eigenvalue weighted by Gasteiger charge is -2.14. The van der Waals surface area contributed by atoms with Crippen LogP contribution in [0.4, 0.5) is 0 Å². The molecule has 19 heavy (non-hydrogen) atoms. The zero-order valence-electron chi connectivity index (χ0n) is 12.4. The first-order chi connectivity index (χ1) is 8.90. The van der Waals surface area contributed by atoms with Crippen LogP contribution in [0.3, 0.4) is 0 Å². The highest BCUT2D eigenvalue weighted by molar-refractivity contribution is 6.00. The van der Waals surface area contributed by atoms with Crippen molar-refractivity contribution in [2.24, 2.45) is 0 Å². The standard InChI is InChI=1S/C18H22O/c1-11(2)14-6-7-15-8-16(13(5)19)10-17(12(3)4)18(15)9-14/h6-12H,1-5H3. The van der Waals surface area contributed by atoms with Crippen LogP contribution in [0.5, 0.6) is 0 Å². The Hall–Kier alpha value is -1.63. The van der Waals surface area contributed by atoms with E-state index in [2.05, 4.69) is 52.0 Å². The van der Waals surface area contributed by atoms with Gasteiger partial charge in [0.2, 0.25) is 0 Å². The fourth-order valence-corrected chi connectivity index (χ4v) is 2.44. The first-order valence-electron chi connectivity index (χ1n) is 6.98. The molecule has 0 heterocycles. The molecule has 0 aliphatic rings. The SMILES string of the molecule is CC(=O)c1cc(C(C)C)c2cc(C(C)C)ccc2c1. The van der Waals surface area contributed by atoms with Crippen LogP contribution >= 0.6 is 0 Å². The van der Waals surface area contributed by atoms with Crippen molar-refractivity contribution in [2.75, 3.05) is 0 Å². The van der Waals surface area contributed by atoms with E-state index in [1.165, 1.54) is 21.9 Å². The molecule has 100 valence electrons. The van der Waals surface area contributed by atoms with Gasteiger partial charge in [-0.15, -0.1) is 0 Å². The minimum Gasteiger partial charge on any atom is -0.295 e. The Bertz CT molecular complexity index is 621. The lowest BCUT2D eigenvalue weighted by molar-refractivity contribution is 0.101. The number of carbonyl (C=O) groups excluding carboxylic acids is 1. The highest BCUT2D eigenvalue weighted by Crippen LogP contribution is 2.30. The monoisotopic (exact) mass is 254 g/mol. The Morgan fingerprint density at radius 1 is 0.947 bits per heavy atom. The van der Waals surface area contributed by atoms with Crippen molar-refractivity contribution in [3.8, 4) is 0 Å². The molecular formula is C18H22O. The maximum atomic E-state index is 11.6. The average molecular weight is 254 g/mol. The number of ketones is 1. The summed E-state index contributed by atoms with van der Waals surface area (Å²) in [4.78, 5) is 11.6. The van der Waals surface area contributed by atoms with E-state index >= 15 is 0 Å². The molecule has 0 bridgehead atoms. The van der Waals surface area contributed by atoms with Crippen LogP contribution < -0.4 is 0 Å². The Kier molecular flexibility index (Phi) is 3.75.